The Labute approximate surface area is 245 Å². The number of likely N-dealkylation sites (N-methyl/N-ethyl adjacent to an activating group) is 1. The second-order valence-corrected chi connectivity index (χ2v) is 16.8. The number of esters is 2. The molecule has 0 aliphatic carbocycles. The fourth-order valence-corrected chi connectivity index (χ4v) is 6.16. The molecule has 13 nitrogen and oxygen atoms in total. The molecule has 1 rings (SSSR count). The van der Waals surface area contributed by atoms with Crippen LogP contribution in [0.4, 0.5) is 0 Å². The lowest BCUT2D eigenvalue weighted by molar-refractivity contribution is -0.174. The van der Waals surface area contributed by atoms with Crippen LogP contribution in [0.5, 0.6) is 0 Å². The third kappa shape index (κ3) is 10.0. The molecular formula is C26H39N3O10SSi. The lowest BCUT2D eigenvalue weighted by Gasteiger charge is -2.49. The van der Waals surface area contributed by atoms with Crippen LogP contribution < -0.4 is 5.32 Å². The van der Waals surface area contributed by atoms with Gasteiger partial charge < -0.3 is 13.9 Å². The van der Waals surface area contributed by atoms with Crippen molar-refractivity contribution in [3.8, 4) is 0 Å². The number of carbonyl (C=O) groups is 7. The van der Waals surface area contributed by atoms with Crippen molar-refractivity contribution in [2.45, 2.75) is 57.3 Å². The van der Waals surface area contributed by atoms with Crippen LogP contribution >= 0.6 is 11.8 Å². The fraction of sp³-hybridized carbons (Fsp3) is 0.577. The first-order valence-corrected chi connectivity index (χ1v) is 16.5. The van der Waals surface area contributed by atoms with E-state index in [-0.39, 0.29) is 24.8 Å². The van der Waals surface area contributed by atoms with E-state index in [1.165, 1.54) is 24.1 Å². The molecule has 0 aromatic heterocycles. The second-order valence-electron chi connectivity index (χ2n) is 10.8. The fourth-order valence-electron chi connectivity index (χ4n) is 3.38. The van der Waals surface area contributed by atoms with Gasteiger partial charge in [-0.15, -0.1) is 0 Å². The zero-order valence-electron chi connectivity index (χ0n) is 24.5. The van der Waals surface area contributed by atoms with Crippen molar-refractivity contribution in [3.63, 3.8) is 0 Å². The van der Waals surface area contributed by atoms with Gasteiger partial charge in [0.15, 0.2) is 8.32 Å². The van der Waals surface area contributed by atoms with Crippen LogP contribution in [0.2, 0.25) is 18.1 Å². The van der Waals surface area contributed by atoms with Crippen molar-refractivity contribution in [3.05, 3.63) is 25.3 Å². The number of hydrogen-bond acceptors (Lipinski definition) is 12. The first kappa shape index (κ1) is 35.9. The average molecular weight is 614 g/mol. The van der Waals surface area contributed by atoms with Gasteiger partial charge in [0.05, 0.1) is 25.1 Å². The van der Waals surface area contributed by atoms with Crippen molar-refractivity contribution in [1.82, 2.24) is 15.1 Å². The molecule has 1 aliphatic rings. The number of thioether (sulfide) groups is 1. The number of rotatable bonds is 12. The topological polar surface area (TPSA) is 166 Å². The maximum Gasteiger partial charge on any atom is 0.397 e. The van der Waals surface area contributed by atoms with Crippen LogP contribution in [0, 0.1) is 5.92 Å². The summed E-state index contributed by atoms with van der Waals surface area (Å²) in [5.74, 6) is -7.45. The Morgan fingerprint density at radius 2 is 1.59 bits per heavy atom. The first-order valence-electron chi connectivity index (χ1n) is 12.7. The van der Waals surface area contributed by atoms with E-state index in [0.29, 0.717) is 16.7 Å². The van der Waals surface area contributed by atoms with Crippen LogP contribution in [-0.2, 0) is 47.5 Å². The molecule has 3 atom stereocenters. The van der Waals surface area contributed by atoms with Gasteiger partial charge in [0.25, 0.3) is 0 Å². The van der Waals surface area contributed by atoms with E-state index in [1.807, 2.05) is 39.2 Å². The summed E-state index contributed by atoms with van der Waals surface area (Å²) in [6, 6.07) is 0. The van der Waals surface area contributed by atoms with Crippen LogP contribution in [-0.4, -0.2) is 104 Å². The maximum atomic E-state index is 13.1. The van der Waals surface area contributed by atoms with Crippen LogP contribution in [0.25, 0.3) is 0 Å². The molecule has 0 aromatic rings. The van der Waals surface area contributed by atoms with Gasteiger partial charge in [-0.1, -0.05) is 57.8 Å². The molecular weight excluding hydrogens is 574 g/mol. The summed E-state index contributed by atoms with van der Waals surface area (Å²) in [4.78, 5) is 88.3. The number of carbonyl (C=O) groups excluding carboxylic acids is 7. The van der Waals surface area contributed by atoms with Crippen molar-refractivity contribution in [1.29, 1.82) is 0 Å². The van der Waals surface area contributed by atoms with Gasteiger partial charge in [-0.3, -0.25) is 39.1 Å². The molecule has 0 saturated carbocycles. The predicted molar refractivity (Wildman–Crippen MR) is 152 cm³/mol. The molecule has 0 aromatic carbocycles. The van der Waals surface area contributed by atoms with E-state index in [9.17, 15) is 33.6 Å². The minimum atomic E-state index is -2.35. The number of nitrogens with zero attached hydrogens (tertiary/aromatic N) is 2. The molecule has 1 N–H and O–H groups in total. The van der Waals surface area contributed by atoms with E-state index >= 15 is 0 Å². The van der Waals surface area contributed by atoms with Crippen molar-refractivity contribution in [2.24, 2.45) is 5.92 Å². The van der Waals surface area contributed by atoms with Gasteiger partial charge in [-0.2, -0.15) is 0 Å². The zero-order chi connectivity index (χ0) is 31.7. The van der Waals surface area contributed by atoms with Crippen LogP contribution in [0.1, 0.15) is 27.7 Å². The lowest BCUT2D eigenvalue weighted by Crippen LogP contribution is -2.67. The summed E-state index contributed by atoms with van der Waals surface area (Å²) in [6.45, 7) is 17.3. The molecule has 0 bridgehead atoms. The summed E-state index contributed by atoms with van der Waals surface area (Å²) in [5, 5.41) is 0.0916. The summed E-state index contributed by atoms with van der Waals surface area (Å²) < 4.78 is 15.7. The number of ether oxygens (including phenoxy) is 2. The zero-order valence-corrected chi connectivity index (χ0v) is 26.3. The monoisotopic (exact) mass is 613 g/mol. The van der Waals surface area contributed by atoms with Gasteiger partial charge in [0.1, 0.15) is 18.6 Å². The molecule has 0 spiro atoms. The minimum absolute atomic E-state index is 0.177. The molecule has 0 radical (unpaired) electrons. The highest BCUT2D eigenvalue weighted by Crippen LogP contribution is 2.43. The second kappa shape index (κ2) is 15.2. The summed E-state index contributed by atoms with van der Waals surface area (Å²) in [7, 11) is -0.928. The van der Waals surface area contributed by atoms with Crippen molar-refractivity contribution in [2.75, 3.05) is 33.4 Å². The highest BCUT2D eigenvalue weighted by molar-refractivity contribution is 8.14. The van der Waals surface area contributed by atoms with E-state index < -0.39 is 72.9 Å². The average Bonchev–Trinajstić information content (AvgIpc) is 2.83. The Kier molecular flexibility index (Phi) is 13.3. The number of β-lactam (4-membered cyclic amide) rings is 1. The lowest BCUT2D eigenvalue weighted by atomic mass is 9.92. The number of likely N-dealkylation sites (tertiary alicyclic amines) is 1. The summed E-state index contributed by atoms with van der Waals surface area (Å²) in [5.41, 5.74) is 0. The van der Waals surface area contributed by atoms with Gasteiger partial charge >= 0.3 is 23.8 Å². The minimum Gasteiger partial charge on any atom is -0.454 e. The van der Waals surface area contributed by atoms with Gasteiger partial charge in [-0.05, 0) is 32.1 Å². The molecule has 41 heavy (non-hydrogen) atoms. The Bertz CT molecular complexity index is 1090. The van der Waals surface area contributed by atoms with Gasteiger partial charge in [0, 0.05) is 0 Å². The highest BCUT2D eigenvalue weighted by Gasteiger charge is 2.57. The molecule has 1 aliphatic heterocycles. The Morgan fingerprint density at radius 1 is 1.05 bits per heavy atom. The third-order valence-electron chi connectivity index (χ3n) is 6.44. The maximum absolute atomic E-state index is 13.1. The molecule has 228 valence electrons. The molecule has 0 unspecified atom stereocenters. The van der Waals surface area contributed by atoms with Crippen molar-refractivity contribution >= 4 is 60.8 Å². The van der Waals surface area contributed by atoms with Gasteiger partial charge in [0.2, 0.25) is 16.9 Å². The standard InChI is InChI=1S/C26H39N3O10SSi/c1-10-12-37-24(35)20(32)27-17(30)14-28(7)15-18(31)40-23-19(16(3)39-41(8,9)26(4,5)6)21(33)29(23)22(34)25(36)38-13-11-2/h10-11,16,19,23H,1-2,12-15H2,3-9H3,(H,27,30,32)/t16-,19+,23-/m1/s1. The van der Waals surface area contributed by atoms with Crippen molar-refractivity contribution < 1.29 is 47.5 Å². The number of nitrogens with one attached hydrogen (secondary N) is 1. The molecule has 4 amide bonds. The molecule has 1 saturated heterocycles. The highest BCUT2D eigenvalue weighted by atomic mass is 32.2. The SMILES string of the molecule is C=CCOC(=O)C(=O)NC(=O)CN(C)CC(=O)S[C@@H]1[C@@H]([C@@H](C)O[Si](C)(C)C(C)(C)C)C(=O)N1C(=O)C(=O)OCC=C. The van der Waals surface area contributed by atoms with E-state index in [1.54, 1.807) is 6.92 Å². The number of amides is 4. The summed E-state index contributed by atoms with van der Waals surface area (Å²) >= 11 is 0.650. The quantitative estimate of drug-likeness (QED) is 0.109. The first-order chi connectivity index (χ1) is 18.9. The Hall–Kier alpha value is -3.14. The molecule has 1 fully saturated rings. The Morgan fingerprint density at radius 3 is 2.10 bits per heavy atom. The van der Waals surface area contributed by atoms with E-state index in [0.717, 1.165) is 0 Å². The normalized spacial score (nSPS) is 17.7. The van der Waals surface area contributed by atoms with Gasteiger partial charge in [-0.25, -0.2) is 9.59 Å². The van der Waals surface area contributed by atoms with E-state index in [4.69, 9.17) is 9.16 Å². The van der Waals surface area contributed by atoms with Crippen LogP contribution in [0.15, 0.2) is 25.3 Å². The number of hydrogen-bond donors (Lipinski definition) is 1. The van der Waals surface area contributed by atoms with E-state index in [2.05, 4.69) is 17.9 Å². The Balaban J connectivity index is 2.98. The predicted octanol–water partition coefficient (Wildman–Crippen LogP) is 1.00. The third-order valence-corrected chi connectivity index (χ3v) is 12.1. The number of imide groups is 2. The molecule has 1 heterocycles. The smallest absolute Gasteiger partial charge is 0.397 e. The summed E-state index contributed by atoms with van der Waals surface area (Å²) in [6.07, 6.45) is 1.85. The molecule has 15 heteroatoms. The largest absolute Gasteiger partial charge is 0.454 e. The van der Waals surface area contributed by atoms with Crippen LogP contribution in [0.3, 0.4) is 0 Å².